The number of carbonyl (C=O) groups excluding carboxylic acids is 2. The zero-order chi connectivity index (χ0) is 24.4. The van der Waals surface area contributed by atoms with Crippen molar-refractivity contribution < 1.29 is 9.59 Å². The number of hydrogen-bond acceptors (Lipinski definition) is 7. The molecule has 1 spiro atoms. The summed E-state index contributed by atoms with van der Waals surface area (Å²) in [4.78, 5) is 26.9. The van der Waals surface area contributed by atoms with Crippen molar-refractivity contribution in [2.45, 2.75) is 11.8 Å². The van der Waals surface area contributed by atoms with E-state index < -0.39 is 17.7 Å². The van der Waals surface area contributed by atoms with Gasteiger partial charge in [0, 0.05) is 5.02 Å². The van der Waals surface area contributed by atoms with Gasteiger partial charge in [-0.1, -0.05) is 78.3 Å². The lowest BCUT2D eigenvalue weighted by molar-refractivity contribution is -0.134. The van der Waals surface area contributed by atoms with Gasteiger partial charge in [-0.2, -0.15) is 10.1 Å². The van der Waals surface area contributed by atoms with Gasteiger partial charge in [-0.25, -0.2) is 10.4 Å². The first-order valence-electron chi connectivity index (χ1n) is 11.3. The summed E-state index contributed by atoms with van der Waals surface area (Å²) in [7, 11) is 0. The molecule has 2 amide bonds. The van der Waals surface area contributed by atoms with E-state index in [0.29, 0.717) is 5.02 Å². The Morgan fingerprint density at radius 2 is 1.56 bits per heavy atom. The third kappa shape index (κ3) is 2.81. The summed E-state index contributed by atoms with van der Waals surface area (Å²) in [5.74, 6) is -0.453. The largest absolute Gasteiger partial charge is 0.298 e. The molecule has 3 aromatic rings. The van der Waals surface area contributed by atoms with Crippen molar-refractivity contribution in [3.63, 3.8) is 0 Å². The predicted molar refractivity (Wildman–Crippen MR) is 135 cm³/mol. The Kier molecular flexibility index (Phi) is 4.35. The summed E-state index contributed by atoms with van der Waals surface area (Å²) in [5, 5.41) is 15.1. The van der Waals surface area contributed by atoms with Crippen molar-refractivity contribution in [1.82, 2.24) is 26.2 Å². The lowest BCUT2D eigenvalue weighted by atomic mass is 9.86. The molecule has 3 aromatic carbocycles. The van der Waals surface area contributed by atoms with Gasteiger partial charge in [0.15, 0.2) is 5.54 Å². The average Bonchev–Trinajstić information content (AvgIpc) is 3.40. The lowest BCUT2D eigenvalue weighted by Gasteiger charge is -2.43. The Balaban J connectivity index is 1.23. The van der Waals surface area contributed by atoms with Gasteiger partial charge >= 0.3 is 0 Å². The van der Waals surface area contributed by atoms with Crippen molar-refractivity contribution in [2.75, 3.05) is 0 Å². The number of amides is 2. The van der Waals surface area contributed by atoms with Crippen LogP contribution in [0.25, 0.3) is 17.2 Å². The zero-order valence-corrected chi connectivity index (χ0v) is 19.4. The zero-order valence-electron chi connectivity index (χ0n) is 18.6. The minimum Gasteiger partial charge on any atom is -0.291 e. The second kappa shape index (κ2) is 7.51. The van der Waals surface area contributed by atoms with Crippen molar-refractivity contribution in [3.8, 4) is 11.1 Å². The van der Waals surface area contributed by atoms with E-state index in [0.717, 1.165) is 27.8 Å². The second-order valence-electron chi connectivity index (χ2n) is 8.74. The maximum absolute atomic E-state index is 13.7. The summed E-state index contributed by atoms with van der Waals surface area (Å²) >= 11 is 5.94. The number of nitrogens with zero attached hydrogens (tertiary/aromatic N) is 4. The van der Waals surface area contributed by atoms with Crippen LogP contribution in [0.5, 0.6) is 0 Å². The molecule has 3 N–H and O–H groups in total. The lowest BCUT2D eigenvalue weighted by Crippen LogP contribution is -2.73. The normalized spacial score (nSPS) is 20.9. The molecule has 0 saturated carbocycles. The van der Waals surface area contributed by atoms with Gasteiger partial charge in [0.1, 0.15) is 5.71 Å². The molecule has 0 unspecified atom stereocenters. The molecule has 10 heteroatoms. The maximum atomic E-state index is 13.7. The van der Waals surface area contributed by atoms with Crippen LogP contribution in [0.4, 0.5) is 0 Å². The first-order chi connectivity index (χ1) is 17.6. The number of rotatable bonds is 2. The first kappa shape index (κ1) is 20.9. The standard InChI is InChI=1S/C26H18ClN7O2/c27-16-12-9-15(10-13-16)11-14-21-22(35)33-25(30-29-21)34-24(31-33)28-23(36)26(32-34)19-7-3-1-5-17(19)18-6-2-4-8-20(18)26/h1-14,25,30,32H,(H,28,31,36)/b14-11-/t25-/m0/s1. The van der Waals surface area contributed by atoms with Gasteiger partial charge in [-0.05, 0) is 46.0 Å². The van der Waals surface area contributed by atoms with E-state index in [1.807, 2.05) is 60.7 Å². The van der Waals surface area contributed by atoms with Crippen LogP contribution in [0, 0.1) is 0 Å². The molecule has 3 aliphatic heterocycles. The van der Waals surface area contributed by atoms with Crippen molar-refractivity contribution in [2.24, 2.45) is 10.2 Å². The molecular formula is C26H18ClN7O2. The second-order valence-corrected chi connectivity index (χ2v) is 9.17. The smallest absolute Gasteiger partial charge is 0.291 e. The molecule has 0 aromatic heterocycles. The molecule has 1 fully saturated rings. The van der Waals surface area contributed by atoms with E-state index in [2.05, 4.69) is 26.4 Å². The number of benzene rings is 3. The van der Waals surface area contributed by atoms with Crippen molar-refractivity contribution >= 4 is 41.2 Å². The number of carbonyl (C=O) groups is 2. The molecule has 0 radical (unpaired) electrons. The van der Waals surface area contributed by atoms with Gasteiger partial charge < -0.3 is 0 Å². The highest BCUT2D eigenvalue weighted by atomic mass is 35.5. The van der Waals surface area contributed by atoms with E-state index in [9.17, 15) is 9.59 Å². The Morgan fingerprint density at radius 3 is 2.25 bits per heavy atom. The monoisotopic (exact) mass is 495 g/mol. The van der Waals surface area contributed by atoms with Crippen LogP contribution >= 0.6 is 11.6 Å². The molecule has 1 atom stereocenters. The Hall–Kier alpha value is -4.47. The van der Waals surface area contributed by atoms with Gasteiger partial charge in [-0.15, -0.1) is 5.10 Å². The van der Waals surface area contributed by atoms with Gasteiger partial charge in [0.2, 0.25) is 12.2 Å². The summed E-state index contributed by atoms with van der Waals surface area (Å²) in [6.07, 6.45) is 2.63. The molecule has 1 saturated heterocycles. The molecule has 176 valence electrons. The van der Waals surface area contributed by atoms with Crippen LogP contribution in [-0.4, -0.2) is 39.8 Å². The summed E-state index contributed by atoms with van der Waals surface area (Å²) in [6.45, 7) is 0. The van der Waals surface area contributed by atoms with Crippen molar-refractivity contribution in [3.05, 3.63) is 101 Å². The van der Waals surface area contributed by atoms with Gasteiger partial charge in [0.05, 0.1) is 0 Å². The summed E-state index contributed by atoms with van der Waals surface area (Å²) in [6, 6.07) is 22.8. The number of guanidine groups is 1. The molecule has 36 heavy (non-hydrogen) atoms. The molecule has 9 nitrogen and oxygen atoms in total. The predicted octanol–water partition coefficient (Wildman–Crippen LogP) is 2.57. The highest BCUT2D eigenvalue weighted by Crippen LogP contribution is 2.48. The third-order valence-electron chi connectivity index (χ3n) is 6.74. The fourth-order valence-electron chi connectivity index (χ4n) is 5.08. The van der Waals surface area contributed by atoms with Crippen molar-refractivity contribution in [1.29, 1.82) is 0 Å². The van der Waals surface area contributed by atoms with Crippen LogP contribution in [-0.2, 0) is 15.1 Å². The number of fused-ring (bicyclic) bond motifs is 8. The van der Waals surface area contributed by atoms with Crippen LogP contribution in [0.15, 0.2) is 89.1 Å². The first-order valence-corrected chi connectivity index (χ1v) is 11.7. The highest BCUT2D eigenvalue weighted by Gasteiger charge is 2.57. The molecule has 3 heterocycles. The van der Waals surface area contributed by atoms with Crippen LogP contribution in [0.1, 0.15) is 16.7 Å². The third-order valence-corrected chi connectivity index (χ3v) is 7.00. The highest BCUT2D eigenvalue weighted by molar-refractivity contribution is 6.44. The van der Waals surface area contributed by atoms with E-state index in [1.165, 1.54) is 5.01 Å². The minimum atomic E-state index is -1.18. The summed E-state index contributed by atoms with van der Waals surface area (Å²) < 4.78 is 0. The van der Waals surface area contributed by atoms with E-state index >= 15 is 0 Å². The number of hydrogen-bond donors (Lipinski definition) is 3. The molecular weight excluding hydrogens is 478 g/mol. The number of hydrazine groups is 1. The topological polar surface area (TPSA) is 101 Å². The minimum absolute atomic E-state index is 0.183. The summed E-state index contributed by atoms with van der Waals surface area (Å²) in [5.41, 5.74) is 9.88. The maximum Gasteiger partial charge on any atom is 0.298 e. The van der Waals surface area contributed by atoms with E-state index in [4.69, 9.17) is 11.6 Å². The van der Waals surface area contributed by atoms with Gasteiger partial charge in [-0.3, -0.25) is 20.3 Å². The van der Waals surface area contributed by atoms with E-state index in [1.54, 1.807) is 29.3 Å². The average molecular weight is 496 g/mol. The fraction of sp³-hybridized carbons (Fsp3) is 0.0769. The van der Waals surface area contributed by atoms with Crippen LogP contribution in [0.3, 0.4) is 0 Å². The Morgan fingerprint density at radius 1 is 0.889 bits per heavy atom. The van der Waals surface area contributed by atoms with Crippen LogP contribution in [0.2, 0.25) is 5.02 Å². The molecule has 1 aliphatic carbocycles. The SMILES string of the molecule is O=C1C(/C=C\c2ccc(Cl)cc2)=NN[C@H]2N1N=C1NC(=O)C3(NN12)c1ccccc1-c1ccccc13. The Labute approximate surface area is 210 Å². The number of hydrazone groups is 2. The molecule has 4 aliphatic rings. The number of nitrogens with one attached hydrogen (secondary N) is 3. The fourth-order valence-corrected chi connectivity index (χ4v) is 5.20. The molecule has 7 rings (SSSR count). The Bertz CT molecular complexity index is 1500. The number of halogens is 1. The van der Waals surface area contributed by atoms with Crippen LogP contribution < -0.4 is 16.2 Å². The van der Waals surface area contributed by atoms with E-state index in [-0.39, 0.29) is 17.6 Å². The molecule has 0 bridgehead atoms. The quantitative estimate of drug-likeness (QED) is 0.507. The van der Waals surface area contributed by atoms with Gasteiger partial charge in [0.25, 0.3) is 11.8 Å².